The summed E-state index contributed by atoms with van der Waals surface area (Å²) in [4.78, 5) is 14.0. The molecular formula is C32H45Cl2N5O3. The first-order chi connectivity index (χ1) is 20.1. The van der Waals surface area contributed by atoms with Crippen LogP contribution in [0.4, 0.5) is 17.3 Å². The van der Waals surface area contributed by atoms with Gasteiger partial charge in [0.05, 0.1) is 11.5 Å². The number of nitrogens with one attached hydrogen (secondary N) is 2. The van der Waals surface area contributed by atoms with Crippen molar-refractivity contribution in [3.63, 3.8) is 0 Å². The lowest BCUT2D eigenvalue weighted by molar-refractivity contribution is -0.384. The van der Waals surface area contributed by atoms with Crippen LogP contribution in [0, 0.1) is 16.0 Å². The molecule has 1 aromatic heterocycles. The first-order valence-electron chi connectivity index (χ1n) is 14.6. The van der Waals surface area contributed by atoms with Gasteiger partial charge >= 0.3 is 5.69 Å². The molecule has 1 fully saturated rings. The van der Waals surface area contributed by atoms with Crippen LogP contribution in [0.15, 0.2) is 59.3 Å². The smallest absolute Gasteiger partial charge is 0.311 e. The molecule has 1 aliphatic carbocycles. The van der Waals surface area contributed by atoms with Crippen molar-refractivity contribution in [2.75, 3.05) is 24.2 Å². The number of nitrogen functional groups attached to an aromatic ring is 1. The van der Waals surface area contributed by atoms with E-state index in [9.17, 15) is 15.2 Å². The number of aliphatic hydroxyl groups excluding tert-OH is 1. The highest BCUT2D eigenvalue weighted by Gasteiger charge is 2.22. The van der Waals surface area contributed by atoms with Crippen LogP contribution in [-0.2, 0) is 0 Å². The van der Waals surface area contributed by atoms with Gasteiger partial charge in [0.1, 0.15) is 5.82 Å². The van der Waals surface area contributed by atoms with Crippen molar-refractivity contribution in [3.8, 4) is 0 Å². The summed E-state index contributed by atoms with van der Waals surface area (Å²) in [6, 6.07) is 8.55. The minimum Gasteiger partial charge on any atom is -0.394 e. The zero-order valence-electron chi connectivity index (χ0n) is 25.3. The van der Waals surface area contributed by atoms with Gasteiger partial charge in [0.15, 0.2) is 0 Å². The number of pyridine rings is 1. The number of nitro groups is 1. The first kappa shape index (κ1) is 35.1. The molecule has 2 aromatic rings. The van der Waals surface area contributed by atoms with Crippen molar-refractivity contribution in [2.45, 2.75) is 79.2 Å². The second-order valence-electron chi connectivity index (χ2n) is 10.5. The van der Waals surface area contributed by atoms with Crippen molar-refractivity contribution in [1.29, 1.82) is 0 Å². The lowest BCUT2D eigenvalue weighted by atomic mass is 9.84. The Morgan fingerprint density at radius 2 is 1.90 bits per heavy atom. The number of hydrogen-bond donors (Lipinski definition) is 4. The number of benzene rings is 1. The van der Waals surface area contributed by atoms with E-state index < -0.39 is 4.92 Å². The van der Waals surface area contributed by atoms with E-state index in [1.54, 1.807) is 12.1 Å². The number of aliphatic hydroxyl groups is 1. The summed E-state index contributed by atoms with van der Waals surface area (Å²) in [5.41, 5.74) is 11.1. The lowest BCUT2D eigenvalue weighted by Gasteiger charge is -2.28. The molecule has 1 aromatic carbocycles. The average molecular weight is 619 g/mol. The standard InChI is InChI=1S/C20H25Cl2NO.C12H20N4O2/c1-4-16(18-10-9-15(21)11-19(18)22)17(5-2)20(14-7-6-8-14)23-13(3)12-24;1-3-9(2)5-4-8-14-11-7-6-10(16(17)18)12(13)15-11/h4-5,9-11,13,23-24H,6-8,12H2,1-3H3;6-7,9H,3-5,8H2,1-2H3,(H3,13,14,15)/b16-4+,17-5+;. The Morgan fingerprint density at radius 1 is 1.19 bits per heavy atom. The molecule has 0 amide bonds. The highest BCUT2D eigenvalue weighted by Crippen LogP contribution is 2.38. The quantitative estimate of drug-likeness (QED) is 0.0767. The molecule has 2 unspecified atom stereocenters. The fourth-order valence-electron chi connectivity index (χ4n) is 4.46. The molecular weight excluding hydrogens is 573 g/mol. The average Bonchev–Trinajstić information content (AvgIpc) is 2.93. The molecule has 3 rings (SSSR count). The van der Waals surface area contributed by atoms with Crippen LogP contribution in [0.25, 0.3) is 5.57 Å². The Labute approximate surface area is 260 Å². The van der Waals surface area contributed by atoms with Crippen LogP contribution >= 0.6 is 23.2 Å². The summed E-state index contributed by atoms with van der Waals surface area (Å²) < 4.78 is 0. The number of allylic oxidation sites excluding steroid dienone is 4. The van der Waals surface area contributed by atoms with Crippen molar-refractivity contribution >= 4 is 46.1 Å². The minimum absolute atomic E-state index is 0.00171. The second-order valence-corrected chi connectivity index (χ2v) is 11.4. The summed E-state index contributed by atoms with van der Waals surface area (Å²) in [7, 11) is 0. The van der Waals surface area contributed by atoms with Crippen molar-refractivity contribution in [1.82, 2.24) is 10.3 Å². The van der Waals surface area contributed by atoms with Gasteiger partial charge in [0.25, 0.3) is 0 Å². The minimum atomic E-state index is -0.533. The first-order valence-corrected chi connectivity index (χ1v) is 15.3. The molecule has 1 heterocycles. The second kappa shape index (κ2) is 17.8. The number of nitrogens with zero attached hydrogens (tertiary/aromatic N) is 2. The number of halogens is 2. The molecule has 0 bridgehead atoms. The third-order valence-electron chi connectivity index (χ3n) is 7.31. The van der Waals surface area contributed by atoms with Crippen molar-refractivity contribution in [3.05, 3.63) is 85.1 Å². The molecule has 8 nitrogen and oxygen atoms in total. The Kier molecular flexibility index (Phi) is 14.9. The summed E-state index contributed by atoms with van der Waals surface area (Å²) in [6.45, 7) is 11.3. The van der Waals surface area contributed by atoms with Gasteiger partial charge in [-0.2, -0.15) is 0 Å². The topological polar surface area (TPSA) is 126 Å². The van der Waals surface area contributed by atoms with Crippen LogP contribution in [0.3, 0.4) is 0 Å². The van der Waals surface area contributed by atoms with E-state index in [1.807, 2.05) is 32.9 Å². The van der Waals surface area contributed by atoms with Gasteiger partial charge in [-0.15, -0.1) is 0 Å². The highest BCUT2D eigenvalue weighted by atomic mass is 35.5. The zero-order valence-corrected chi connectivity index (χ0v) is 26.9. The summed E-state index contributed by atoms with van der Waals surface area (Å²) in [6.07, 6.45) is 11.0. The fourth-order valence-corrected chi connectivity index (χ4v) is 4.97. The molecule has 1 aliphatic rings. The SMILES string of the molecule is C/C=C(C(NC(C)CO)=C1CCC1)\C(=C/C)c1ccc(Cl)cc1Cl.CCC(C)CCCNc1ccc([N+](=O)[O-])c(N)n1. The zero-order chi connectivity index (χ0) is 31.2. The molecule has 230 valence electrons. The number of rotatable bonds is 13. The molecule has 0 spiro atoms. The van der Waals surface area contributed by atoms with E-state index >= 15 is 0 Å². The number of hydrogen-bond acceptors (Lipinski definition) is 7. The Bertz CT molecular complexity index is 1290. The number of aromatic nitrogens is 1. The van der Waals surface area contributed by atoms with Crippen molar-refractivity contribution in [2.24, 2.45) is 5.92 Å². The maximum atomic E-state index is 10.6. The number of anilines is 2. The molecule has 10 heteroatoms. The molecule has 0 radical (unpaired) electrons. The normalized spacial score (nSPS) is 14.7. The maximum absolute atomic E-state index is 10.6. The van der Waals surface area contributed by atoms with Gasteiger partial charge in [-0.1, -0.05) is 61.7 Å². The highest BCUT2D eigenvalue weighted by molar-refractivity contribution is 6.35. The van der Waals surface area contributed by atoms with Gasteiger partial charge in [-0.3, -0.25) is 10.1 Å². The summed E-state index contributed by atoms with van der Waals surface area (Å²) in [5, 5.41) is 27.9. The largest absolute Gasteiger partial charge is 0.394 e. The molecule has 0 aliphatic heterocycles. The van der Waals surface area contributed by atoms with Crippen LogP contribution < -0.4 is 16.4 Å². The molecule has 5 N–H and O–H groups in total. The molecule has 1 saturated carbocycles. The van der Waals surface area contributed by atoms with E-state index in [-0.39, 0.29) is 24.2 Å². The van der Waals surface area contributed by atoms with Gasteiger partial charge in [-0.25, -0.2) is 4.98 Å². The number of nitrogens with two attached hydrogens (primary N) is 1. The van der Waals surface area contributed by atoms with E-state index in [0.29, 0.717) is 15.9 Å². The fraction of sp³-hybridized carbons (Fsp3) is 0.469. The van der Waals surface area contributed by atoms with Gasteiger partial charge in [-0.05, 0) is 88.1 Å². The maximum Gasteiger partial charge on any atom is 0.311 e. The van der Waals surface area contributed by atoms with Crippen molar-refractivity contribution < 1.29 is 10.0 Å². The Hall–Kier alpha value is -3.07. The monoisotopic (exact) mass is 617 g/mol. The van der Waals surface area contributed by atoms with Gasteiger partial charge in [0.2, 0.25) is 5.82 Å². The predicted molar refractivity (Wildman–Crippen MR) is 177 cm³/mol. The predicted octanol–water partition coefficient (Wildman–Crippen LogP) is 8.56. The van der Waals surface area contributed by atoms with Crippen LogP contribution in [-0.4, -0.2) is 34.2 Å². The summed E-state index contributed by atoms with van der Waals surface area (Å²) in [5.74, 6) is 1.26. The summed E-state index contributed by atoms with van der Waals surface area (Å²) >= 11 is 12.5. The van der Waals surface area contributed by atoms with E-state index in [1.165, 1.54) is 24.5 Å². The third-order valence-corrected chi connectivity index (χ3v) is 7.86. The van der Waals surface area contributed by atoms with E-state index in [4.69, 9.17) is 28.9 Å². The Balaban J connectivity index is 0.000000307. The van der Waals surface area contributed by atoms with Crippen LogP contribution in [0.5, 0.6) is 0 Å². The van der Waals surface area contributed by atoms with Crippen LogP contribution in [0.2, 0.25) is 10.0 Å². The van der Waals surface area contributed by atoms with E-state index in [0.717, 1.165) is 60.6 Å². The van der Waals surface area contributed by atoms with Gasteiger partial charge in [0, 0.05) is 45.5 Å². The van der Waals surface area contributed by atoms with Gasteiger partial charge < -0.3 is 21.5 Å². The van der Waals surface area contributed by atoms with Crippen LogP contribution in [0.1, 0.15) is 78.7 Å². The molecule has 42 heavy (non-hydrogen) atoms. The van der Waals surface area contributed by atoms with E-state index in [2.05, 4.69) is 41.6 Å². The lowest BCUT2D eigenvalue weighted by Crippen LogP contribution is -2.31. The molecule has 2 atom stereocenters. The third kappa shape index (κ3) is 10.3. The molecule has 0 saturated heterocycles. The Morgan fingerprint density at radius 3 is 2.40 bits per heavy atom.